The van der Waals surface area contributed by atoms with Gasteiger partial charge >= 0.3 is 0 Å². The molecule has 0 saturated carbocycles. The van der Waals surface area contributed by atoms with Gasteiger partial charge in [0, 0.05) is 24.5 Å². The Hall–Kier alpha value is -2.36. The first-order valence-electron chi connectivity index (χ1n) is 9.18. The number of pyridine rings is 1. The van der Waals surface area contributed by atoms with E-state index < -0.39 is 0 Å². The van der Waals surface area contributed by atoms with E-state index in [1.54, 1.807) is 6.20 Å². The fourth-order valence-electron chi connectivity index (χ4n) is 3.72. The minimum Gasteiger partial charge on any atom is -0.367 e. The molecule has 25 heavy (non-hydrogen) atoms. The maximum atomic E-state index is 12.7. The standard InChI is InChI=1S/C21H27N3O/c1-4-19-7-5-6-8-24(19)20-12-17(13-22-14-20)21(25)23-18-10-15(2)9-16(3)11-18/h9-14,19H,4-8H2,1-3H3,(H,23,25). The first kappa shape index (κ1) is 17.5. The van der Waals surface area contributed by atoms with Crippen LogP contribution in [0, 0.1) is 13.8 Å². The monoisotopic (exact) mass is 337 g/mol. The van der Waals surface area contributed by atoms with Crippen LogP contribution in [0.2, 0.25) is 0 Å². The second-order valence-corrected chi connectivity index (χ2v) is 7.01. The molecule has 0 spiro atoms. The molecule has 3 rings (SSSR count). The highest BCUT2D eigenvalue weighted by Gasteiger charge is 2.22. The van der Waals surface area contributed by atoms with E-state index in [1.807, 2.05) is 38.2 Å². The van der Waals surface area contributed by atoms with E-state index in [9.17, 15) is 4.79 Å². The molecule has 1 aliphatic heterocycles. The van der Waals surface area contributed by atoms with E-state index in [4.69, 9.17) is 0 Å². The Bertz CT molecular complexity index is 736. The highest BCUT2D eigenvalue weighted by atomic mass is 16.1. The fraction of sp³-hybridized carbons (Fsp3) is 0.429. The summed E-state index contributed by atoms with van der Waals surface area (Å²) in [6.07, 6.45) is 8.35. The molecule has 1 fully saturated rings. The number of piperidine rings is 1. The lowest BCUT2D eigenvalue weighted by Crippen LogP contribution is -2.39. The number of hydrogen-bond donors (Lipinski definition) is 1. The third-order valence-electron chi connectivity index (χ3n) is 4.90. The molecule has 1 unspecified atom stereocenters. The molecule has 4 nitrogen and oxygen atoms in total. The van der Waals surface area contributed by atoms with Gasteiger partial charge in [0.1, 0.15) is 0 Å². The average Bonchev–Trinajstić information content (AvgIpc) is 2.61. The molecule has 0 bridgehead atoms. The first-order chi connectivity index (χ1) is 12.1. The Morgan fingerprint density at radius 3 is 2.64 bits per heavy atom. The number of benzene rings is 1. The van der Waals surface area contributed by atoms with E-state index in [1.165, 1.54) is 19.3 Å². The molecule has 2 heterocycles. The number of aryl methyl sites for hydroxylation is 2. The molecule has 132 valence electrons. The average molecular weight is 337 g/mol. The molecule has 4 heteroatoms. The Labute approximate surface area is 150 Å². The van der Waals surface area contributed by atoms with Gasteiger partial charge in [-0.25, -0.2) is 0 Å². The smallest absolute Gasteiger partial charge is 0.257 e. The minimum atomic E-state index is -0.107. The maximum absolute atomic E-state index is 12.7. The van der Waals surface area contributed by atoms with Crippen LogP contribution in [0.15, 0.2) is 36.7 Å². The van der Waals surface area contributed by atoms with Crippen molar-refractivity contribution in [3.05, 3.63) is 53.3 Å². The number of nitrogens with one attached hydrogen (secondary N) is 1. The van der Waals surface area contributed by atoms with Crippen molar-refractivity contribution in [2.75, 3.05) is 16.8 Å². The summed E-state index contributed by atoms with van der Waals surface area (Å²) in [5.41, 5.74) is 4.77. The summed E-state index contributed by atoms with van der Waals surface area (Å²) < 4.78 is 0. The summed E-state index contributed by atoms with van der Waals surface area (Å²) in [4.78, 5) is 19.4. The molecule has 1 aromatic heterocycles. The quantitative estimate of drug-likeness (QED) is 0.878. The number of aromatic nitrogens is 1. The van der Waals surface area contributed by atoms with E-state index in [0.29, 0.717) is 11.6 Å². The molecule has 1 saturated heterocycles. The van der Waals surface area contributed by atoms with E-state index >= 15 is 0 Å². The van der Waals surface area contributed by atoms with Crippen molar-refractivity contribution in [2.45, 2.75) is 52.5 Å². The van der Waals surface area contributed by atoms with Crippen LogP contribution in [0.1, 0.15) is 54.1 Å². The first-order valence-corrected chi connectivity index (χ1v) is 9.18. The van der Waals surface area contributed by atoms with Gasteiger partial charge in [-0.05, 0) is 68.9 Å². The Balaban J connectivity index is 1.79. The van der Waals surface area contributed by atoms with Gasteiger partial charge in [0.2, 0.25) is 0 Å². The maximum Gasteiger partial charge on any atom is 0.257 e. The molecule has 1 amide bonds. The van der Waals surface area contributed by atoms with E-state index in [0.717, 1.165) is 35.5 Å². The number of hydrogen-bond acceptors (Lipinski definition) is 3. The largest absolute Gasteiger partial charge is 0.367 e. The topological polar surface area (TPSA) is 45.2 Å². The van der Waals surface area contributed by atoms with Crippen LogP contribution in [0.5, 0.6) is 0 Å². The molecule has 1 aliphatic rings. The fourth-order valence-corrected chi connectivity index (χ4v) is 3.72. The van der Waals surface area contributed by atoms with Gasteiger partial charge < -0.3 is 10.2 Å². The van der Waals surface area contributed by atoms with Crippen molar-refractivity contribution < 1.29 is 4.79 Å². The lowest BCUT2D eigenvalue weighted by molar-refractivity contribution is 0.102. The number of nitrogens with zero attached hydrogens (tertiary/aromatic N) is 2. The number of rotatable bonds is 4. The Morgan fingerprint density at radius 2 is 1.92 bits per heavy atom. The van der Waals surface area contributed by atoms with Crippen LogP contribution in [0.3, 0.4) is 0 Å². The van der Waals surface area contributed by atoms with Gasteiger partial charge in [-0.2, -0.15) is 0 Å². The number of anilines is 2. The van der Waals surface area contributed by atoms with Crippen LogP contribution in [0.25, 0.3) is 0 Å². The summed E-state index contributed by atoms with van der Waals surface area (Å²) in [6, 6.07) is 8.59. The highest BCUT2D eigenvalue weighted by molar-refractivity contribution is 6.04. The van der Waals surface area contributed by atoms with Crippen LogP contribution in [-0.4, -0.2) is 23.5 Å². The van der Waals surface area contributed by atoms with Gasteiger partial charge in [0.15, 0.2) is 0 Å². The van der Waals surface area contributed by atoms with Crippen molar-refractivity contribution >= 4 is 17.3 Å². The third-order valence-corrected chi connectivity index (χ3v) is 4.90. The van der Waals surface area contributed by atoms with Crippen molar-refractivity contribution in [1.29, 1.82) is 0 Å². The number of carbonyl (C=O) groups excluding carboxylic acids is 1. The lowest BCUT2D eigenvalue weighted by Gasteiger charge is -2.37. The summed E-state index contributed by atoms with van der Waals surface area (Å²) in [7, 11) is 0. The summed E-state index contributed by atoms with van der Waals surface area (Å²) in [6.45, 7) is 7.34. The van der Waals surface area contributed by atoms with Gasteiger partial charge in [0.05, 0.1) is 17.4 Å². The van der Waals surface area contributed by atoms with Gasteiger partial charge in [-0.3, -0.25) is 9.78 Å². The second kappa shape index (κ2) is 7.68. The van der Waals surface area contributed by atoms with Gasteiger partial charge in [0.25, 0.3) is 5.91 Å². The van der Waals surface area contributed by atoms with Crippen LogP contribution in [-0.2, 0) is 0 Å². The minimum absolute atomic E-state index is 0.107. The normalized spacial score (nSPS) is 17.4. The highest BCUT2D eigenvalue weighted by Crippen LogP contribution is 2.26. The SMILES string of the molecule is CCC1CCCCN1c1cncc(C(=O)Nc2cc(C)cc(C)c2)c1. The third kappa shape index (κ3) is 4.19. The predicted octanol–water partition coefficient (Wildman–Crippen LogP) is 4.72. The van der Waals surface area contributed by atoms with Crippen LogP contribution < -0.4 is 10.2 Å². The van der Waals surface area contributed by atoms with E-state index in [-0.39, 0.29) is 5.91 Å². The van der Waals surface area contributed by atoms with Crippen molar-refractivity contribution in [3.8, 4) is 0 Å². The zero-order chi connectivity index (χ0) is 17.8. The predicted molar refractivity (Wildman–Crippen MR) is 103 cm³/mol. The molecule has 1 N–H and O–H groups in total. The summed E-state index contributed by atoms with van der Waals surface area (Å²) in [5, 5.41) is 3.00. The Morgan fingerprint density at radius 1 is 1.16 bits per heavy atom. The summed E-state index contributed by atoms with van der Waals surface area (Å²) >= 11 is 0. The molecular weight excluding hydrogens is 310 g/mol. The molecule has 0 aliphatic carbocycles. The number of carbonyl (C=O) groups is 1. The van der Waals surface area contributed by atoms with Gasteiger partial charge in [-0.1, -0.05) is 13.0 Å². The van der Waals surface area contributed by atoms with Crippen LogP contribution in [0.4, 0.5) is 11.4 Å². The lowest BCUT2D eigenvalue weighted by atomic mass is 9.99. The molecule has 0 radical (unpaired) electrons. The van der Waals surface area contributed by atoms with Crippen molar-refractivity contribution in [2.24, 2.45) is 0 Å². The van der Waals surface area contributed by atoms with Crippen molar-refractivity contribution in [3.63, 3.8) is 0 Å². The second-order valence-electron chi connectivity index (χ2n) is 7.01. The molecule has 1 atom stereocenters. The van der Waals surface area contributed by atoms with Crippen LogP contribution >= 0.6 is 0 Å². The van der Waals surface area contributed by atoms with E-state index in [2.05, 4.69) is 28.2 Å². The summed E-state index contributed by atoms with van der Waals surface area (Å²) in [5.74, 6) is -0.107. The number of amides is 1. The van der Waals surface area contributed by atoms with Gasteiger partial charge in [-0.15, -0.1) is 0 Å². The zero-order valence-electron chi connectivity index (χ0n) is 15.4. The molecular formula is C21H27N3O. The molecule has 1 aromatic carbocycles. The Kier molecular flexibility index (Phi) is 5.37. The molecule has 2 aromatic rings. The van der Waals surface area contributed by atoms with Crippen molar-refractivity contribution in [1.82, 2.24) is 4.98 Å². The zero-order valence-corrected chi connectivity index (χ0v) is 15.4.